The van der Waals surface area contributed by atoms with Crippen LogP contribution in [0.15, 0.2) is 42.6 Å². The zero-order chi connectivity index (χ0) is 20.2. The zero-order valence-electron chi connectivity index (χ0n) is 16.4. The maximum Gasteiger partial charge on any atom is 0.253 e. The van der Waals surface area contributed by atoms with Gasteiger partial charge in [-0.05, 0) is 62.8 Å². The Labute approximate surface area is 170 Å². The number of halogens is 1. The number of aromatic nitrogens is 1. The van der Waals surface area contributed by atoms with E-state index in [1.807, 2.05) is 4.90 Å². The van der Waals surface area contributed by atoms with Gasteiger partial charge in [-0.1, -0.05) is 12.1 Å². The molecule has 0 bridgehead atoms. The predicted molar refractivity (Wildman–Crippen MR) is 109 cm³/mol. The molecule has 1 aliphatic heterocycles. The fraction of sp³-hybridized carbons (Fsp3) is 0.435. The van der Waals surface area contributed by atoms with Gasteiger partial charge in [-0.3, -0.25) is 14.6 Å². The van der Waals surface area contributed by atoms with E-state index >= 15 is 0 Å². The molecule has 1 aliphatic carbocycles. The van der Waals surface area contributed by atoms with Crippen LogP contribution in [0.25, 0.3) is 11.3 Å². The second-order valence-corrected chi connectivity index (χ2v) is 8.00. The Morgan fingerprint density at radius 3 is 2.45 bits per heavy atom. The number of rotatable bonds is 4. The van der Waals surface area contributed by atoms with E-state index in [1.54, 1.807) is 24.3 Å². The number of nitrogens with zero attached hydrogens (tertiary/aromatic N) is 2. The van der Waals surface area contributed by atoms with Crippen molar-refractivity contribution in [3.63, 3.8) is 0 Å². The van der Waals surface area contributed by atoms with Crippen molar-refractivity contribution in [3.8, 4) is 11.3 Å². The van der Waals surface area contributed by atoms with Crippen LogP contribution < -0.4 is 5.32 Å². The first-order valence-electron chi connectivity index (χ1n) is 10.4. The highest BCUT2D eigenvalue weighted by Crippen LogP contribution is 2.27. The van der Waals surface area contributed by atoms with E-state index in [-0.39, 0.29) is 23.7 Å². The van der Waals surface area contributed by atoms with E-state index in [4.69, 9.17) is 0 Å². The summed E-state index contributed by atoms with van der Waals surface area (Å²) in [6.07, 6.45) is 7.06. The molecule has 5 nitrogen and oxygen atoms in total. The predicted octanol–water partition coefficient (Wildman–Crippen LogP) is 3.80. The molecule has 0 spiro atoms. The van der Waals surface area contributed by atoms with Crippen LogP contribution in [0, 0.1) is 11.7 Å². The molecule has 1 saturated carbocycles. The molecular formula is C23H26FN3O2. The summed E-state index contributed by atoms with van der Waals surface area (Å²) < 4.78 is 13.4. The Bertz CT molecular complexity index is 870. The summed E-state index contributed by atoms with van der Waals surface area (Å²) in [5.41, 5.74) is 1.79. The van der Waals surface area contributed by atoms with Crippen molar-refractivity contribution < 1.29 is 14.0 Å². The van der Waals surface area contributed by atoms with Crippen LogP contribution in [-0.4, -0.2) is 40.8 Å². The lowest BCUT2D eigenvalue weighted by molar-refractivity contribution is -0.135. The Hall–Kier alpha value is -2.76. The number of benzene rings is 1. The topological polar surface area (TPSA) is 62.3 Å². The maximum absolute atomic E-state index is 13.4. The number of nitrogens with one attached hydrogen (secondary N) is 1. The van der Waals surface area contributed by atoms with Gasteiger partial charge >= 0.3 is 0 Å². The zero-order valence-corrected chi connectivity index (χ0v) is 16.4. The largest absolute Gasteiger partial charge is 0.349 e. The van der Waals surface area contributed by atoms with Crippen LogP contribution >= 0.6 is 0 Å². The molecule has 2 aliphatic rings. The fourth-order valence-electron chi connectivity index (χ4n) is 4.30. The number of hydrogen-bond donors (Lipinski definition) is 1. The van der Waals surface area contributed by atoms with Gasteiger partial charge in [-0.2, -0.15) is 0 Å². The molecule has 0 atom stereocenters. The van der Waals surface area contributed by atoms with Crippen LogP contribution in [0.5, 0.6) is 0 Å². The molecule has 1 saturated heterocycles. The Kier molecular flexibility index (Phi) is 5.88. The summed E-state index contributed by atoms with van der Waals surface area (Å²) in [5, 5.41) is 3.07. The minimum absolute atomic E-state index is 0.0908. The monoisotopic (exact) mass is 395 g/mol. The Balaban J connectivity index is 1.30. The van der Waals surface area contributed by atoms with Crippen LogP contribution in [0.2, 0.25) is 0 Å². The van der Waals surface area contributed by atoms with E-state index in [2.05, 4.69) is 10.3 Å². The number of likely N-dealkylation sites (tertiary alicyclic amines) is 1. The van der Waals surface area contributed by atoms with Crippen molar-refractivity contribution in [3.05, 3.63) is 54.0 Å². The summed E-state index contributed by atoms with van der Waals surface area (Å²) in [6.45, 7) is 1.79. The molecule has 1 aromatic heterocycles. The first kappa shape index (κ1) is 19.6. The number of hydrogen-bond acceptors (Lipinski definition) is 3. The van der Waals surface area contributed by atoms with Gasteiger partial charge < -0.3 is 10.2 Å². The van der Waals surface area contributed by atoms with Crippen molar-refractivity contribution in [1.29, 1.82) is 0 Å². The first-order valence-corrected chi connectivity index (χ1v) is 10.4. The molecule has 29 heavy (non-hydrogen) atoms. The average Bonchev–Trinajstić information content (AvgIpc) is 3.29. The van der Waals surface area contributed by atoms with Crippen molar-refractivity contribution in [1.82, 2.24) is 15.2 Å². The van der Waals surface area contributed by atoms with E-state index in [1.165, 1.54) is 18.3 Å². The molecule has 0 radical (unpaired) electrons. The van der Waals surface area contributed by atoms with Crippen LogP contribution in [0.1, 0.15) is 48.9 Å². The third-order valence-electron chi connectivity index (χ3n) is 5.98. The van der Waals surface area contributed by atoms with Crippen LogP contribution in [-0.2, 0) is 4.79 Å². The fourth-order valence-corrected chi connectivity index (χ4v) is 4.30. The molecule has 4 rings (SSSR count). The molecule has 1 N–H and O–H groups in total. The highest BCUT2D eigenvalue weighted by Gasteiger charge is 2.31. The van der Waals surface area contributed by atoms with Crippen molar-refractivity contribution >= 4 is 11.8 Å². The van der Waals surface area contributed by atoms with E-state index in [0.717, 1.165) is 51.6 Å². The molecule has 152 valence electrons. The SMILES string of the molecule is O=C(N[C@H]1CC[C@@H](C(=O)N2CCCC2)CC1)c1ccc(-c2cccc(F)c2)nc1. The lowest BCUT2D eigenvalue weighted by atomic mass is 9.85. The van der Waals surface area contributed by atoms with Gasteiger partial charge in [0.15, 0.2) is 0 Å². The summed E-state index contributed by atoms with van der Waals surface area (Å²) in [7, 11) is 0. The molecule has 2 amide bonds. The number of pyridine rings is 1. The number of carbonyl (C=O) groups is 2. The highest BCUT2D eigenvalue weighted by atomic mass is 19.1. The van der Waals surface area contributed by atoms with Crippen LogP contribution in [0.3, 0.4) is 0 Å². The molecule has 2 fully saturated rings. The second kappa shape index (κ2) is 8.72. The molecular weight excluding hydrogens is 369 g/mol. The smallest absolute Gasteiger partial charge is 0.253 e. The van der Waals surface area contributed by atoms with Gasteiger partial charge in [-0.15, -0.1) is 0 Å². The molecule has 6 heteroatoms. The Morgan fingerprint density at radius 2 is 1.79 bits per heavy atom. The molecule has 1 aromatic carbocycles. The summed E-state index contributed by atoms with van der Waals surface area (Å²) in [5.74, 6) is -0.0690. The minimum atomic E-state index is -0.315. The lowest BCUT2D eigenvalue weighted by Crippen LogP contribution is -2.41. The van der Waals surface area contributed by atoms with Gasteiger partial charge in [0.1, 0.15) is 5.82 Å². The van der Waals surface area contributed by atoms with Gasteiger partial charge in [-0.25, -0.2) is 4.39 Å². The van der Waals surface area contributed by atoms with E-state index in [0.29, 0.717) is 22.7 Å². The Morgan fingerprint density at radius 1 is 1.03 bits per heavy atom. The third-order valence-corrected chi connectivity index (χ3v) is 5.98. The molecule has 2 heterocycles. The van der Waals surface area contributed by atoms with Crippen molar-refractivity contribution in [2.24, 2.45) is 5.92 Å². The normalized spacial score (nSPS) is 21.8. The standard InChI is InChI=1S/C23H26FN3O2/c24-19-5-3-4-17(14-19)21-11-8-18(15-25-21)22(28)26-20-9-6-16(7-10-20)23(29)27-12-1-2-13-27/h3-5,8,11,14-16,20H,1-2,6-7,9-10,12-13H2,(H,26,28)/t16-,20+. The lowest BCUT2D eigenvalue weighted by Gasteiger charge is -2.30. The van der Waals surface area contributed by atoms with E-state index < -0.39 is 0 Å². The van der Waals surface area contributed by atoms with Crippen LogP contribution in [0.4, 0.5) is 4.39 Å². The second-order valence-electron chi connectivity index (χ2n) is 8.00. The summed E-state index contributed by atoms with van der Waals surface area (Å²) in [4.78, 5) is 31.4. The first-order chi connectivity index (χ1) is 14.1. The number of amides is 2. The maximum atomic E-state index is 13.4. The van der Waals surface area contributed by atoms with Crippen molar-refractivity contribution in [2.45, 2.75) is 44.6 Å². The third kappa shape index (κ3) is 4.63. The van der Waals surface area contributed by atoms with Gasteiger partial charge in [0.25, 0.3) is 5.91 Å². The van der Waals surface area contributed by atoms with Gasteiger partial charge in [0.2, 0.25) is 5.91 Å². The quantitative estimate of drug-likeness (QED) is 0.857. The average molecular weight is 395 g/mol. The minimum Gasteiger partial charge on any atom is -0.349 e. The highest BCUT2D eigenvalue weighted by molar-refractivity contribution is 5.94. The molecule has 0 unspecified atom stereocenters. The van der Waals surface area contributed by atoms with Crippen molar-refractivity contribution in [2.75, 3.05) is 13.1 Å². The summed E-state index contributed by atoms with van der Waals surface area (Å²) in [6, 6.07) is 9.77. The summed E-state index contributed by atoms with van der Waals surface area (Å²) >= 11 is 0. The number of carbonyl (C=O) groups excluding carboxylic acids is 2. The van der Waals surface area contributed by atoms with Gasteiger partial charge in [0.05, 0.1) is 11.3 Å². The van der Waals surface area contributed by atoms with Gasteiger partial charge in [0, 0.05) is 36.8 Å². The molecule has 2 aromatic rings. The van der Waals surface area contributed by atoms with E-state index in [9.17, 15) is 14.0 Å².